The lowest BCUT2D eigenvalue weighted by atomic mass is 10.1. The van der Waals surface area contributed by atoms with Gasteiger partial charge in [0.15, 0.2) is 0 Å². The van der Waals surface area contributed by atoms with E-state index < -0.39 is 0 Å². The summed E-state index contributed by atoms with van der Waals surface area (Å²) in [5.74, 6) is 1.36. The van der Waals surface area contributed by atoms with Crippen LogP contribution < -0.4 is 5.32 Å². The van der Waals surface area contributed by atoms with E-state index in [1.54, 1.807) is 0 Å². The van der Waals surface area contributed by atoms with Crippen molar-refractivity contribution in [3.63, 3.8) is 0 Å². The molecule has 1 aromatic carbocycles. The minimum Gasteiger partial charge on any atom is -0.339 e. The normalized spacial score (nSPS) is 10.2. The summed E-state index contributed by atoms with van der Waals surface area (Å²) in [5, 5.41) is 13.0. The van der Waals surface area contributed by atoms with E-state index in [9.17, 15) is 5.26 Å². The molecule has 0 saturated carbocycles. The lowest BCUT2D eigenvalue weighted by Crippen LogP contribution is -2.05. The highest BCUT2D eigenvalue weighted by Crippen LogP contribution is 2.26. The number of benzene rings is 1. The van der Waals surface area contributed by atoms with E-state index in [2.05, 4.69) is 28.3 Å². The predicted octanol–water partition coefficient (Wildman–Crippen LogP) is 4.31. The standard InChI is InChI=1S/C16H17ClN4/c1-4-6-14-20-15(17)11(3)16(21-14)19-13-8-5-7-10(2)12(13)9-18/h5,7-8H,4,6H2,1-3H3,(H,19,20,21). The highest BCUT2D eigenvalue weighted by Gasteiger charge is 2.12. The maximum absolute atomic E-state index is 9.29. The van der Waals surface area contributed by atoms with Gasteiger partial charge in [0.05, 0.1) is 11.3 Å². The van der Waals surface area contributed by atoms with Crippen LogP contribution in [-0.2, 0) is 6.42 Å². The maximum Gasteiger partial charge on any atom is 0.138 e. The Morgan fingerprint density at radius 2 is 2.05 bits per heavy atom. The summed E-state index contributed by atoms with van der Waals surface area (Å²) in [6.07, 6.45) is 1.72. The summed E-state index contributed by atoms with van der Waals surface area (Å²) in [5.41, 5.74) is 3.05. The van der Waals surface area contributed by atoms with Crippen molar-refractivity contribution < 1.29 is 0 Å². The van der Waals surface area contributed by atoms with Gasteiger partial charge in [-0.3, -0.25) is 0 Å². The van der Waals surface area contributed by atoms with Crippen LogP contribution in [0.25, 0.3) is 0 Å². The topological polar surface area (TPSA) is 61.6 Å². The van der Waals surface area contributed by atoms with Crippen LogP contribution >= 0.6 is 11.6 Å². The predicted molar refractivity (Wildman–Crippen MR) is 85.0 cm³/mol. The third kappa shape index (κ3) is 3.32. The molecule has 0 saturated heterocycles. The van der Waals surface area contributed by atoms with Crippen molar-refractivity contribution in [3.8, 4) is 6.07 Å². The monoisotopic (exact) mass is 300 g/mol. The molecule has 0 bridgehead atoms. The van der Waals surface area contributed by atoms with Crippen molar-refractivity contribution >= 4 is 23.1 Å². The van der Waals surface area contributed by atoms with E-state index >= 15 is 0 Å². The van der Waals surface area contributed by atoms with Gasteiger partial charge in [0.25, 0.3) is 0 Å². The molecule has 0 fully saturated rings. The van der Waals surface area contributed by atoms with E-state index in [0.29, 0.717) is 22.4 Å². The Morgan fingerprint density at radius 1 is 1.29 bits per heavy atom. The van der Waals surface area contributed by atoms with E-state index in [4.69, 9.17) is 11.6 Å². The molecule has 21 heavy (non-hydrogen) atoms. The summed E-state index contributed by atoms with van der Waals surface area (Å²) >= 11 is 6.17. The molecule has 0 amide bonds. The first-order valence-electron chi connectivity index (χ1n) is 6.86. The molecule has 0 aliphatic carbocycles. The summed E-state index contributed by atoms with van der Waals surface area (Å²) < 4.78 is 0. The first kappa shape index (κ1) is 15.3. The molecule has 0 atom stereocenters. The van der Waals surface area contributed by atoms with Crippen LogP contribution in [0.3, 0.4) is 0 Å². The molecule has 0 aliphatic rings. The lowest BCUT2D eigenvalue weighted by Gasteiger charge is -2.13. The zero-order valence-electron chi connectivity index (χ0n) is 12.4. The molecule has 1 heterocycles. The van der Waals surface area contributed by atoms with Crippen molar-refractivity contribution in [2.45, 2.75) is 33.6 Å². The van der Waals surface area contributed by atoms with Crippen molar-refractivity contribution in [1.29, 1.82) is 5.26 Å². The Labute approximate surface area is 129 Å². The SMILES string of the molecule is CCCc1nc(Cl)c(C)c(Nc2cccc(C)c2C#N)n1. The van der Waals surface area contributed by atoms with Gasteiger partial charge in [-0.25, -0.2) is 9.97 Å². The second-order valence-corrected chi connectivity index (χ2v) is 5.25. The van der Waals surface area contributed by atoms with Crippen LogP contribution in [0.4, 0.5) is 11.5 Å². The minimum atomic E-state index is 0.446. The summed E-state index contributed by atoms with van der Waals surface area (Å²) in [6.45, 7) is 5.84. The number of nitrogens with zero attached hydrogens (tertiary/aromatic N) is 3. The average Bonchev–Trinajstić information content (AvgIpc) is 2.45. The summed E-state index contributed by atoms with van der Waals surface area (Å²) in [4.78, 5) is 8.78. The van der Waals surface area contributed by atoms with Crippen LogP contribution in [0.1, 0.15) is 35.9 Å². The van der Waals surface area contributed by atoms with Gasteiger partial charge < -0.3 is 5.32 Å². The third-order valence-electron chi connectivity index (χ3n) is 3.24. The fourth-order valence-electron chi connectivity index (χ4n) is 2.04. The number of nitriles is 1. The van der Waals surface area contributed by atoms with Crippen LogP contribution in [-0.4, -0.2) is 9.97 Å². The van der Waals surface area contributed by atoms with Crippen molar-refractivity contribution in [2.75, 3.05) is 5.32 Å². The Kier molecular flexibility index (Phi) is 4.77. The number of hydrogen-bond acceptors (Lipinski definition) is 4. The van der Waals surface area contributed by atoms with Crippen molar-refractivity contribution in [3.05, 3.63) is 45.9 Å². The molecule has 2 aromatic rings. The van der Waals surface area contributed by atoms with Crippen LogP contribution in [0.15, 0.2) is 18.2 Å². The smallest absolute Gasteiger partial charge is 0.138 e. The van der Waals surface area contributed by atoms with Crippen LogP contribution in [0.2, 0.25) is 5.15 Å². The molecule has 108 valence electrons. The van der Waals surface area contributed by atoms with E-state index in [1.165, 1.54) is 0 Å². The second-order valence-electron chi connectivity index (χ2n) is 4.89. The molecule has 0 aliphatic heterocycles. The fourth-order valence-corrected chi connectivity index (χ4v) is 2.22. The quantitative estimate of drug-likeness (QED) is 0.854. The molecule has 0 unspecified atom stereocenters. The molecule has 1 aromatic heterocycles. The molecular weight excluding hydrogens is 284 g/mol. The van der Waals surface area contributed by atoms with Crippen molar-refractivity contribution in [1.82, 2.24) is 9.97 Å². The molecule has 1 N–H and O–H groups in total. The molecular formula is C16H17ClN4. The second kappa shape index (κ2) is 6.55. The summed E-state index contributed by atoms with van der Waals surface area (Å²) in [7, 11) is 0. The largest absolute Gasteiger partial charge is 0.339 e. The summed E-state index contributed by atoms with van der Waals surface area (Å²) in [6, 6.07) is 7.90. The zero-order chi connectivity index (χ0) is 15.4. The molecule has 0 spiro atoms. The van der Waals surface area contributed by atoms with Crippen LogP contribution in [0.5, 0.6) is 0 Å². The maximum atomic E-state index is 9.29. The molecule has 0 radical (unpaired) electrons. The zero-order valence-corrected chi connectivity index (χ0v) is 13.1. The number of aryl methyl sites for hydroxylation is 2. The Hall–Kier alpha value is -2.12. The number of rotatable bonds is 4. The molecule has 5 heteroatoms. The minimum absolute atomic E-state index is 0.446. The molecule has 4 nitrogen and oxygen atoms in total. The number of aromatic nitrogens is 2. The van der Waals surface area contributed by atoms with Gasteiger partial charge >= 0.3 is 0 Å². The Balaban J connectivity index is 2.45. The van der Waals surface area contributed by atoms with Gasteiger partial charge in [0.2, 0.25) is 0 Å². The van der Waals surface area contributed by atoms with E-state index in [1.807, 2.05) is 32.0 Å². The highest BCUT2D eigenvalue weighted by molar-refractivity contribution is 6.30. The van der Waals surface area contributed by atoms with Gasteiger partial charge in [-0.15, -0.1) is 0 Å². The van der Waals surface area contributed by atoms with Gasteiger partial charge in [-0.2, -0.15) is 5.26 Å². The van der Waals surface area contributed by atoms with Gasteiger partial charge in [0.1, 0.15) is 22.9 Å². The van der Waals surface area contributed by atoms with Gasteiger partial charge in [0, 0.05) is 12.0 Å². The van der Waals surface area contributed by atoms with Gasteiger partial charge in [-0.1, -0.05) is 30.7 Å². The number of nitrogens with one attached hydrogen (secondary N) is 1. The van der Waals surface area contributed by atoms with Crippen LogP contribution in [0, 0.1) is 25.2 Å². The first-order chi connectivity index (χ1) is 10.1. The van der Waals surface area contributed by atoms with Crippen molar-refractivity contribution in [2.24, 2.45) is 0 Å². The third-order valence-corrected chi connectivity index (χ3v) is 3.61. The molecule has 2 rings (SSSR count). The highest BCUT2D eigenvalue weighted by atomic mass is 35.5. The Morgan fingerprint density at radius 3 is 2.71 bits per heavy atom. The fraction of sp³-hybridized carbons (Fsp3) is 0.312. The van der Waals surface area contributed by atoms with E-state index in [-0.39, 0.29) is 0 Å². The average molecular weight is 301 g/mol. The number of hydrogen-bond donors (Lipinski definition) is 1. The number of anilines is 2. The lowest BCUT2D eigenvalue weighted by molar-refractivity contribution is 0.833. The number of halogens is 1. The first-order valence-corrected chi connectivity index (χ1v) is 7.24. The Bertz CT molecular complexity index is 704. The van der Waals surface area contributed by atoms with Gasteiger partial charge in [-0.05, 0) is 31.9 Å². The van der Waals surface area contributed by atoms with E-state index in [0.717, 1.165) is 29.7 Å².